The summed E-state index contributed by atoms with van der Waals surface area (Å²) >= 11 is 5.90. The van der Waals surface area contributed by atoms with Crippen molar-refractivity contribution in [3.63, 3.8) is 0 Å². The summed E-state index contributed by atoms with van der Waals surface area (Å²) in [6.07, 6.45) is 3.01. The van der Waals surface area contributed by atoms with E-state index < -0.39 is 0 Å². The fraction of sp³-hybridized carbons (Fsp3) is 0.0526. The van der Waals surface area contributed by atoms with Gasteiger partial charge in [0.1, 0.15) is 23.0 Å². The fourth-order valence-corrected chi connectivity index (χ4v) is 2.39. The van der Waals surface area contributed by atoms with Crippen LogP contribution < -0.4 is 21.7 Å². The Balaban J connectivity index is 1.92. The monoisotopic (exact) mass is 395 g/mol. The highest BCUT2D eigenvalue weighted by Crippen LogP contribution is 2.22. The number of carbonyl (C=O) groups is 1. The van der Waals surface area contributed by atoms with Crippen LogP contribution in [0.5, 0.6) is 0 Å². The number of anilines is 5. The molecule has 2 heterocycles. The Morgan fingerprint density at radius 3 is 2.64 bits per heavy atom. The Bertz CT molecular complexity index is 992. The van der Waals surface area contributed by atoms with E-state index in [0.29, 0.717) is 29.2 Å². The predicted octanol–water partition coefficient (Wildman–Crippen LogP) is 3.51. The van der Waals surface area contributed by atoms with Crippen LogP contribution >= 0.6 is 11.6 Å². The largest absolute Gasteiger partial charge is 0.384 e. The second kappa shape index (κ2) is 8.83. The van der Waals surface area contributed by atoms with Gasteiger partial charge in [0, 0.05) is 23.5 Å². The van der Waals surface area contributed by atoms with Gasteiger partial charge in [-0.15, -0.1) is 6.58 Å². The number of nitrogen functional groups attached to an aromatic ring is 1. The van der Waals surface area contributed by atoms with Gasteiger partial charge in [-0.2, -0.15) is 4.98 Å². The Labute approximate surface area is 166 Å². The number of nitrogens with zero attached hydrogens (tertiary/aromatic N) is 3. The molecule has 9 heteroatoms. The summed E-state index contributed by atoms with van der Waals surface area (Å²) in [4.78, 5) is 25.2. The first-order valence-corrected chi connectivity index (χ1v) is 8.71. The number of hydrogen-bond donors (Lipinski definition) is 4. The highest BCUT2D eigenvalue weighted by atomic mass is 35.5. The quantitative estimate of drug-likeness (QED) is 0.452. The molecular formula is C19H18ClN7O. The molecule has 0 spiro atoms. The maximum Gasteiger partial charge on any atom is 0.256 e. The van der Waals surface area contributed by atoms with Crippen LogP contribution in [-0.4, -0.2) is 27.4 Å². The van der Waals surface area contributed by atoms with Crippen LogP contribution in [0, 0.1) is 0 Å². The molecule has 0 saturated heterocycles. The van der Waals surface area contributed by atoms with Crippen LogP contribution in [0.3, 0.4) is 0 Å². The molecule has 5 N–H and O–H groups in total. The van der Waals surface area contributed by atoms with Crippen LogP contribution in [0.25, 0.3) is 0 Å². The lowest BCUT2D eigenvalue weighted by Crippen LogP contribution is -2.25. The summed E-state index contributed by atoms with van der Waals surface area (Å²) < 4.78 is 0. The SMILES string of the molecule is C=CCNC(=O)c1cnc(Nc2ccc(Cl)cc2)nc1Nc1cccc(N)n1. The molecule has 1 aromatic carbocycles. The van der Waals surface area contributed by atoms with E-state index in [1.807, 2.05) is 0 Å². The average molecular weight is 396 g/mol. The first kappa shape index (κ1) is 19.1. The minimum Gasteiger partial charge on any atom is -0.384 e. The van der Waals surface area contributed by atoms with Gasteiger partial charge in [-0.1, -0.05) is 23.7 Å². The summed E-state index contributed by atoms with van der Waals surface area (Å²) in [5, 5.41) is 9.41. The summed E-state index contributed by atoms with van der Waals surface area (Å²) in [6, 6.07) is 12.2. The van der Waals surface area contributed by atoms with Crippen molar-refractivity contribution < 1.29 is 4.79 Å². The van der Waals surface area contributed by atoms with Gasteiger partial charge in [0.05, 0.1) is 0 Å². The molecule has 0 fully saturated rings. The molecule has 0 saturated carbocycles. The zero-order valence-corrected chi connectivity index (χ0v) is 15.6. The molecule has 0 aliphatic heterocycles. The van der Waals surface area contributed by atoms with Gasteiger partial charge in [0.25, 0.3) is 5.91 Å². The van der Waals surface area contributed by atoms with Crippen molar-refractivity contribution in [3.05, 3.63) is 71.9 Å². The number of nitrogens with two attached hydrogens (primary N) is 1. The Hall–Kier alpha value is -3.65. The minimum absolute atomic E-state index is 0.257. The number of rotatable bonds is 7. The van der Waals surface area contributed by atoms with E-state index in [2.05, 4.69) is 37.5 Å². The normalized spacial score (nSPS) is 10.2. The maximum atomic E-state index is 12.4. The molecule has 3 rings (SSSR count). The van der Waals surface area contributed by atoms with E-state index in [1.165, 1.54) is 6.20 Å². The number of hydrogen-bond acceptors (Lipinski definition) is 7. The molecule has 0 unspecified atom stereocenters. The van der Waals surface area contributed by atoms with Crippen molar-refractivity contribution in [2.75, 3.05) is 22.9 Å². The third-order valence-corrected chi connectivity index (χ3v) is 3.81. The first-order valence-electron chi connectivity index (χ1n) is 8.33. The topological polar surface area (TPSA) is 118 Å². The number of benzene rings is 1. The lowest BCUT2D eigenvalue weighted by Gasteiger charge is -2.12. The number of pyridine rings is 1. The molecule has 0 bridgehead atoms. The van der Waals surface area contributed by atoms with Gasteiger partial charge >= 0.3 is 0 Å². The zero-order valence-electron chi connectivity index (χ0n) is 14.8. The van der Waals surface area contributed by atoms with E-state index in [9.17, 15) is 4.79 Å². The van der Waals surface area contributed by atoms with Crippen LogP contribution in [-0.2, 0) is 0 Å². The number of aromatic nitrogens is 3. The van der Waals surface area contributed by atoms with E-state index in [-0.39, 0.29) is 17.3 Å². The van der Waals surface area contributed by atoms with Gasteiger partial charge in [0.15, 0.2) is 0 Å². The number of carbonyl (C=O) groups excluding carboxylic acids is 1. The molecule has 0 atom stereocenters. The van der Waals surface area contributed by atoms with Gasteiger partial charge in [-0.25, -0.2) is 9.97 Å². The molecule has 2 aromatic heterocycles. The zero-order chi connectivity index (χ0) is 19.9. The van der Waals surface area contributed by atoms with Crippen LogP contribution in [0.15, 0.2) is 61.3 Å². The lowest BCUT2D eigenvalue weighted by atomic mass is 10.2. The summed E-state index contributed by atoms with van der Waals surface area (Å²) in [7, 11) is 0. The molecule has 0 radical (unpaired) electrons. The molecule has 28 heavy (non-hydrogen) atoms. The standard InChI is InChI=1S/C19H18ClN7O/c1-2-10-22-18(28)14-11-23-19(24-13-8-6-12(20)7-9-13)27-17(14)26-16-5-3-4-15(21)25-16/h2-9,11H,1,10H2,(H,22,28)(H4,21,23,24,25,26,27). The van der Waals surface area contributed by atoms with Crippen molar-refractivity contribution in [2.24, 2.45) is 0 Å². The van der Waals surface area contributed by atoms with Gasteiger partial charge in [-0.05, 0) is 36.4 Å². The van der Waals surface area contributed by atoms with Crippen LogP contribution in [0.2, 0.25) is 5.02 Å². The van der Waals surface area contributed by atoms with Crippen molar-refractivity contribution in [2.45, 2.75) is 0 Å². The number of nitrogens with one attached hydrogen (secondary N) is 3. The smallest absolute Gasteiger partial charge is 0.256 e. The molecule has 0 aliphatic rings. The van der Waals surface area contributed by atoms with Crippen molar-refractivity contribution in [3.8, 4) is 0 Å². The highest BCUT2D eigenvalue weighted by molar-refractivity contribution is 6.30. The Morgan fingerprint density at radius 1 is 1.14 bits per heavy atom. The van der Waals surface area contributed by atoms with Gasteiger partial charge in [0.2, 0.25) is 5.95 Å². The summed E-state index contributed by atoms with van der Waals surface area (Å²) in [5.74, 6) is 1.04. The van der Waals surface area contributed by atoms with Crippen LogP contribution in [0.4, 0.5) is 29.1 Å². The molecule has 0 aliphatic carbocycles. The summed E-state index contributed by atoms with van der Waals surface area (Å²) in [5.41, 5.74) is 6.73. The average Bonchev–Trinajstić information content (AvgIpc) is 2.68. The first-order chi connectivity index (χ1) is 13.5. The predicted molar refractivity (Wildman–Crippen MR) is 111 cm³/mol. The second-order valence-corrected chi connectivity index (χ2v) is 6.10. The highest BCUT2D eigenvalue weighted by Gasteiger charge is 2.15. The number of amides is 1. The van der Waals surface area contributed by atoms with Crippen molar-refractivity contribution in [1.29, 1.82) is 0 Å². The fourth-order valence-electron chi connectivity index (χ4n) is 2.27. The van der Waals surface area contributed by atoms with Crippen molar-refractivity contribution in [1.82, 2.24) is 20.3 Å². The van der Waals surface area contributed by atoms with E-state index in [0.717, 1.165) is 5.69 Å². The molecular weight excluding hydrogens is 378 g/mol. The number of halogens is 1. The Morgan fingerprint density at radius 2 is 1.93 bits per heavy atom. The van der Waals surface area contributed by atoms with E-state index in [4.69, 9.17) is 17.3 Å². The van der Waals surface area contributed by atoms with Crippen LogP contribution in [0.1, 0.15) is 10.4 Å². The molecule has 1 amide bonds. The molecule has 3 aromatic rings. The van der Waals surface area contributed by atoms with Gasteiger partial charge in [-0.3, -0.25) is 4.79 Å². The molecule has 142 valence electrons. The van der Waals surface area contributed by atoms with E-state index in [1.54, 1.807) is 48.5 Å². The second-order valence-electron chi connectivity index (χ2n) is 5.66. The summed E-state index contributed by atoms with van der Waals surface area (Å²) in [6.45, 7) is 3.91. The Kier molecular flexibility index (Phi) is 6.03. The third-order valence-electron chi connectivity index (χ3n) is 3.56. The maximum absolute atomic E-state index is 12.4. The van der Waals surface area contributed by atoms with Crippen molar-refractivity contribution >= 4 is 46.6 Å². The third kappa shape index (κ3) is 4.95. The lowest BCUT2D eigenvalue weighted by molar-refractivity contribution is 0.0958. The minimum atomic E-state index is -0.343. The molecule has 8 nitrogen and oxygen atoms in total. The van der Waals surface area contributed by atoms with Gasteiger partial charge < -0.3 is 21.7 Å². The van der Waals surface area contributed by atoms with E-state index >= 15 is 0 Å².